The molecule has 2 amide bonds. The number of rotatable bonds is 2. The molecular weight excluding hydrogens is 232 g/mol. The zero-order valence-electron chi connectivity index (χ0n) is 10.7. The van der Waals surface area contributed by atoms with E-state index in [0.717, 1.165) is 19.3 Å². The Labute approximate surface area is 106 Å². The number of allylic oxidation sites excluding steroid dienone is 3. The van der Waals surface area contributed by atoms with Gasteiger partial charge in [0.1, 0.15) is 0 Å². The predicted molar refractivity (Wildman–Crippen MR) is 66.7 cm³/mol. The standard InChI is InChI=1S/C13H18N2O3/c1-8-10(12(16)18-2)11(15-13(17)14-8)9-6-4-3-5-7-9/h3-4,9,11H,5-7H2,1-2H3,(H2,14,15,17)/t9-,11-/m0/s1. The first-order valence-corrected chi connectivity index (χ1v) is 6.15. The molecule has 0 radical (unpaired) electrons. The molecule has 18 heavy (non-hydrogen) atoms. The maximum absolute atomic E-state index is 11.8. The first-order chi connectivity index (χ1) is 8.63. The highest BCUT2D eigenvalue weighted by Gasteiger charge is 2.35. The van der Waals surface area contributed by atoms with Crippen LogP contribution in [0.15, 0.2) is 23.4 Å². The van der Waals surface area contributed by atoms with Crippen LogP contribution >= 0.6 is 0 Å². The summed E-state index contributed by atoms with van der Waals surface area (Å²) in [6.07, 6.45) is 7.06. The van der Waals surface area contributed by atoms with Crippen molar-refractivity contribution in [3.05, 3.63) is 23.4 Å². The van der Waals surface area contributed by atoms with Gasteiger partial charge in [0.2, 0.25) is 0 Å². The third kappa shape index (κ3) is 2.39. The van der Waals surface area contributed by atoms with E-state index in [9.17, 15) is 9.59 Å². The number of methoxy groups -OCH3 is 1. The van der Waals surface area contributed by atoms with Gasteiger partial charge in [0, 0.05) is 5.70 Å². The summed E-state index contributed by atoms with van der Waals surface area (Å²) < 4.78 is 4.81. The van der Waals surface area contributed by atoms with Crippen LogP contribution in [0.4, 0.5) is 4.79 Å². The van der Waals surface area contributed by atoms with Gasteiger partial charge in [0.15, 0.2) is 0 Å². The Morgan fingerprint density at radius 1 is 1.44 bits per heavy atom. The zero-order valence-corrected chi connectivity index (χ0v) is 10.7. The van der Waals surface area contributed by atoms with Crippen LogP contribution < -0.4 is 10.6 Å². The van der Waals surface area contributed by atoms with Gasteiger partial charge in [-0.15, -0.1) is 0 Å². The van der Waals surface area contributed by atoms with E-state index >= 15 is 0 Å². The number of ether oxygens (including phenoxy) is 1. The molecule has 1 heterocycles. The van der Waals surface area contributed by atoms with Crippen LogP contribution in [0, 0.1) is 5.92 Å². The van der Waals surface area contributed by atoms with Gasteiger partial charge in [0.05, 0.1) is 18.7 Å². The van der Waals surface area contributed by atoms with Crippen LogP contribution in [-0.4, -0.2) is 25.2 Å². The molecule has 1 aliphatic carbocycles. The molecular formula is C13H18N2O3. The van der Waals surface area contributed by atoms with Crippen LogP contribution in [0.3, 0.4) is 0 Å². The molecule has 2 aliphatic rings. The Hall–Kier alpha value is -1.78. The van der Waals surface area contributed by atoms with Crippen molar-refractivity contribution in [3.8, 4) is 0 Å². The monoisotopic (exact) mass is 250 g/mol. The van der Waals surface area contributed by atoms with Crippen molar-refractivity contribution in [3.63, 3.8) is 0 Å². The zero-order chi connectivity index (χ0) is 13.1. The number of hydrogen-bond acceptors (Lipinski definition) is 3. The predicted octanol–water partition coefficient (Wildman–Crippen LogP) is 1.47. The first-order valence-electron chi connectivity index (χ1n) is 6.15. The van der Waals surface area contributed by atoms with Crippen molar-refractivity contribution in [2.24, 2.45) is 5.92 Å². The molecule has 2 atom stereocenters. The molecule has 0 spiro atoms. The molecule has 0 saturated carbocycles. The molecule has 0 fully saturated rings. The van der Waals surface area contributed by atoms with E-state index in [1.807, 2.05) is 0 Å². The largest absolute Gasteiger partial charge is 0.466 e. The summed E-state index contributed by atoms with van der Waals surface area (Å²) >= 11 is 0. The van der Waals surface area contributed by atoms with Gasteiger partial charge >= 0.3 is 12.0 Å². The van der Waals surface area contributed by atoms with Gasteiger partial charge in [-0.1, -0.05) is 12.2 Å². The highest BCUT2D eigenvalue weighted by molar-refractivity contribution is 5.94. The van der Waals surface area contributed by atoms with E-state index in [4.69, 9.17) is 4.74 Å². The van der Waals surface area contributed by atoms with E-state index in [0.29, 0.717) is 11.3 Å². The molecule has 5 heteroatoms. The van der Waals surface area contributed by atoms with Crippen LogP contribution in [0.1, 0.15) is 26.2 Å². The van der Waals surface area contributed by atoms with E-state index in [2.05, 4.69) is 22.8 Å². The minimum Gasteiger partial charge on any atom is -0.466 e. The highest BCUT2D eigenvalue weighted by Crippen LogP contribution is 2.28. The smallest absolute Gasteiger partial charge is 0.337 e. The van der Waals surface area contributed by atoms with Gasteiger partial charge in [-0.05, 0) is 32.1 Å². The molecule has 98 valence electrons. The van der Waals surface area contributed by atoms with Gasteiger partial charge in [-0.25, -0.2) is 9.59 Å². The summed E-state index contributed by atoms with van der Waals surface area (Å²) in [4.78, 5) is 23.4. The number of nitrogens with one attached hydrogen (secondary N) is 2. The van der Waals surface area contributed by atoms with Crippen molar-refractivity contribution >= 4 is 12.0 Å². The Bertz CT molecular complexity index is 426. The third-order valence-corrected chi connectivity index (χ3v) is 3.49. The van der Waals surface area contributed by atoms with E-state index in [-0.39, 0.29) is 24.0 Å². The quantitative estimate of drug-likeness (QED) is 0.576. The molecule has 0 aromatic rings. The van der Waals surface area contributed by atoms with Gasteiger partial charge in [0.25, 0.3) is 0 Å². The topological polar surface area (TPSA) is 67.4 Å². The number of urea groups is 1. The van der Waals surface area contributed by atoms with Crippen LogP contribution in [-0.2, 0) is 9.53 Å². The lowest BCUT2D eigenvalue weighted by Crippen LogP contribution is -2.53. The molecule has 0 aromatic heterocycles. The van der Waals surface area contributed by atoms with Crippen LogP contribution in [0.5, 0.6) is 0 Å². The molecule has 0 aromatic carbocycles. The minimum atomic E-state index is -0.375. The highest BCUT2D eigenvalue weighted by atomic mass is 16.5. The summed E-state index contributed by atoms with van der Waals surface area (Å²) in [7, 11) is 1.36. The average Bonchev–Trinajstić information content (AvgIpc) is 2.38. The van der Waals surface area contributed by atoms with Crippen LogP contribution in [0.2, 0.25) is 0 Å². The third-order valence-electron chi connectivity index (χ3n) is 3.49. The van der Waals surface area contributed by atoms with Crippen molar-refractivity contribution in [2.45, 2.75) is 32.2 Å². The minimum absolute atomic E-state index is 0.250. The lowest BCUT2D eigenvalue weighted by Gasteiger charge is -2.34. The van der Waals surface area contributed by atoms with E-state index in [1.54, 1.807) is 6.92 Å². The van der Waals surface area contributed by atoms with Gasteiger partial charge in [-0.3, -0.25) is 0 Å². The Kier molecular flexibility index (Phi) is 3.69. The molecule has 0 bridgehead atoms. The lowest BCUT2D eigenvalue weighted by molar-refractivity contribution is -0.136. The molecule has 2 N–H and O–H groups in total. The molecule has 0 unspecified atom stereocenters. The van der Waals surface area contributed by atoms with Crippen LogP contribution in [0.25, 0.3) is 0 Å². The van der Waals surface area contributed by atoms with Gasteiger partial charge < -0.3 is 15.4 Å². The maximum atomic E-state index is 11.8. The Morgan fingerprint density at radius 2 is 2.22 bits per heavy atom. The summed E-state index contributed by atoms with van der Waals surface area (Å²) in [5.41, 5.74) is 1.13. The second kappa shape index (κ2) is 5.25. The number of esters is 1. The maximum Gasteiger partial charge on any atom is 0.337 e. The van der Waals surface area contributed by atoms with E-state index < -0.39 is 0 Å². The molecule has 2 rings (SSSR count). The second-order valence-corrected chi connectivity index (χ2v) is 4.65. The average molecular weight is 250 g/mol. The number of amides is 2. The molecule has 0 saturated heterocycles. The fraction of sp³-hybridized carbons (Fsp3) is 0.538. The number of carbonyl (C=O) groups is 2. The lowest BCUT2D eigenvalue weighted by atomic mass is 9.82. The van der Waals surface area contributed by atoms with Crippen molar-refractivity contribution in [1.82, 2.24) is 10.6 Å². The Balaban J connectivity index is 2.29. The summed E-state index contributed by atoms with van der Waals surface area (Å²) in [6.45, 7) is 1.73. The van der Waals surface area contributed by atoms with Crippen molar-refractivity contribution in [2.75, 3.05) is 7.11 Å². The van der Waals surface area contributed by atoms with E-state index in [1.165, 1.54) is 7.11 Å². The summed E-state index contributed by atoms with van der Waals surface area (Å²) in [6, 6.07) is -0.504. The van der Waals surface area contributed by atoms with Gasteiger partial charge in [-0.2, -0.15) is 0 Å². The SMILES string of the molecule is COC(=O)C1=C(C)NC(=O)N[C@H]1[C@H]1CC=CCC1. The number of carbonyl (C=O) groups excluding carboxylic acids is 2. The summed E-state index contributed by atoms with van der Waals surface area (Å²) in [5, 5.41) is 5.46. The summed E-state index contributed by atoms with van der Waals surface area (Å²) in [5.74, 6) is -0.121. The van der Waals surface area contributed by atoms with Crippen molar-refractivity contribution in [1.29, 1.82) is 0 Å². The van der Waals surface area contributed by atoms with Crippen molar-refractivity contribution < 1.29 is 14.3 Å². The molecule has 1 aliphatic heterocycles. The fourth-order valence-electron chi connectivity index (χ4n) is 2.58. The normalized spacial score (nSPS) is 27.6. The number of hydrogen-bond donors (Lipinski definition) is 2. The molecule has 5 nitrogen and oxygen atoms in total. The fourth-order valence-corrected chi connectivity index (χ4v) is 2.58. The first kappa shape index (κ1) is 12.7. The second-order valence-electron chi connectivity index (χ2n) is 4.65. The Morgan fingerprint density at radius 3 is 2.83 bits per heavy atom.